The predicted molar refractivity (Wildman–Crippen MR) is 131 cm³/mol. The summed E-state index contributed by atoms with van der Waals surface area (Å²) in [5.74, 6) is 0.655. The smallest absolute Gasteiger partial charge is 0.247 e. The Morgan fingerprint density at radius 2 is 1.88 bits per heavy atom. The lowest BCUT2D eigenvalue weighted by Gasteiger charge is -2.37. The third-order valence-corrected chi connectivity index (χ3v) is 8.83. The Hall–Kier alpha value is -2.42. The lowest BCUT2D eigenvalue weighted by Crippen LogP contribution is -2.50. The van der Waals surface area contributed by atoms with Gasteiger partial charge in [0.25, 0.3) is 0 Å². The minimum Gasteiger partial charge on any atom is -0.487 e. The van der Waals surface area contributed by atoms with Crippen LogP contribution >= 0.6 is 0 Å². The van der Waals surface area contributed by atoms with E-state index >= 15 is 0 Å². The summed E-state index contributed by atoms with van der Waals surface area (Å²) in [6.45, 7) is 3.91. The van der Waals surface area contributed by atoms with Crippen LogP contribution in [0, 0.1) is 11.8 Å². The first-order chi connectivity index (χ1) is 16.2. The number of ether oxygens (including phenoxy) is 1. The lowest BCUT2D eigenvalue weighted by molar-refractivity contribution is -0.131. The first kappa shape index (κ1) is 24.7. The maximum absolute atomic E-state index is 13.6. The van der Waals surface area contributed by atoms with Gasteiger partial charge in [0.05, 0.1) is 13.2 Å². The highest BCUT2D eigenvalue weighted by atomic mass is 32.2. The second-order valence-corrected chi connectivity index (χ2v) is 11.5. The van der Waals surface area contributed by atoms with Gasteiger partial charge in [-0.2, -0.15) is 4.31 Å². The first-order valence-corrected chi connectivity index (χ1v) is 13.4. The number of amides is 1. The fourth-order valence-corrected chi connectivity index (χ4v) is 6.18. The number of carbonyl (C=O) groups excluding carboxylic acids is 1. The predicted octanol–water partition coefficient (Wildman–Crippen LogP) is 3.38. The second-order valence-electron chi connectivity index (χ2n) is 9.69. The van der Waals surface area contributed by atoms with Crippen molar-refractivity contribution in [2.45, 2.75) is 50.2 Å². The SMILES string of the molecule is C[C@H](CO)N1C[C@H](C)[C@H](CN(C)C(=O)CC2CC2)Oc2cc(-c3ccccc3)ccc2S1(=O)=O. The number of fused-ring (bicyclic) bond motifs is 1. The quantitative estimate of drug-likeness (QED) is 0.648. The number of hydrogen-bond acceptors (Lipinski definition) is 5. The number of nitrogens with zero attached hydrogens (tertiary/aromatic N) is 2. The minimum absolute atomic E-state index is 0.0799. The van der Waals surface area contributed by atoms with E-state index in [2.05, 4.69) is 0 Å². The Kier molecular flexibility index (Phi) is 7.31. The lowest BCUT2D eigenvalue weighted by atomic mass is 10.0. The van der Waals surface area contributed by atoms with E-state index in [1.54, 1.807) is 37.1 Å². The van der Waals surface area contributed by atoms with E-state index in [-0.39, 0.29) is 35.6 Å². The summed E-state index contributed by atoms with van der Waals surface area (Å²) in [6, 6.07) is 14.3. The van der Waals surface area contributed by atoms with Crippen LogP contribution in [0.2, 0.25) is 0 Å². The van der Waals surface area contributed by atoms with Crippen molar-refractivity contribution in [2.24, 2.45) is 11.8 Å². The number of benzene rings is 2. The molecule has 1 saturated carbocycles. The normalized spacial score (nSPS) is 23.2. The van der Waals surface area contributed by atoms with Gasteiger partial charge in [-0.15, -0.1) is 0 Å². The number of hydrogen-bond donors (Lipinski definition) is 1. The van der Waals surface area contributed by atoms with Crippen molar-refractivity contribution in [3.63, 3.8) is 0 Å². The number of aliphatic hydroxyl groups excluding tert-OH is 1. The van der Waals surface area contributed by atoms with Crippen molar-refractivity contribution < 1.29 is 23.1 Å². The molecule has 3 atom stereocenters. The number of likely N-dealkylation sites (N-methyl/N-ethyl adjacent to an activating group) is 1. The molecule has 1 fully saturated rings. The molecule has 0 saturated heterocycles. The average Bonchev–Trinajstić information content (AvgIpc) is 3.65. The molecule has 1 N–H and O–H groups in total. The molecular weight excluding hydrogens is 452 g/mol. The number of rotatable bonds is 7. The molecule has 7 nitrogen and oxygen atoms in total. The van der Waals surface area contributed by atoms with Gasteiger partial charge in [0.15, 0.2) is 0 Å². The number of aliphatic hydroxyl groups is 1. The van der Waals surface area contributed by atoms with E-state index in [9.17, 15) is 18.3 Å². The van der Waals surface area contributed by atoms with Crippen LogP contribution in [-0.2, 0) is 14.8 Å². The molecule has 1 amide bonds. The van der Waals surface area contributed by atoms with Crippen molar-refractivity contribution in [3.8, 4) is 16.9 Å². The summed E-state index contributed by atoms with van der Waals surface area (Å²) in [5.41, 5.74) is 1.80. The van der Waals surface area contributed by atoms with E-state index in [1.807, 2.05) is 37.3 Å². The van der Waals surface area contributed by atoms with E-state index in [1.165, 1.54) is 4.31 Å². The molecule has 1 aliphatic carbocycles. The van der Waals surface area contributed by atoms with Crippen LogP contribution in [0.1, 0.15) is 33.1 Å². The molecule has 2 aromatic rings. The first-order valence-electron chi connectivity index (χ1n) is 11.9. The summed E-state index contributed by atoms with van der Waals surface area (Å²) in [4.78, 5) is 14.4. The zero-order valence-corrected chi connectivity index (χ0v) is 20.9. The third-order valence-electron chi connectivity index (χ3n) is 6.81. The molecular formula is C26H34N2O5S. The van der Waals surface area contributed by atoms with Gasteiger partial charge in [-0.25, -0.2) is 8.42 Å². The van der Waals surface area contributed by atoms with Gasteiger partial charge < -0.3 is 14.7 Å². The van der Waals surface area contributed by atoms with Gasteiger partial charge in [0.1, 0.15) is 16.7 Å². The van der Waals surface area contributed by atoms with Gasteiger partial charge >= 0.3 is 0 Å². The van der Waals surface area contributed by atoms with Gasteiger partial charge in [-0.3, -0.25) is 4.79 Å². The summed E-state index contributed by atoms with van der Waals surface area (Å²) in [7, 11) is -2.11. The summed E-state index contributed by atoms with van der Waals surface area (Å²) < 4.78 is 35.0. The van der Waals surface area contributed by atoms with Crippen molar-refractivity contribution in [1.82, 2.24) is 9.21 Å². The molecule has 0 radical (unpaired) electrons. The summed E-state index contributed by atoms with van der Waals surface area (Å²) in [6.07, 6.45) is 2.37. The Balaban J connectivity index is 1.72. The second kappa shape index (κ2) is 10.1. The van der Waals surface area contributed by atoms with Crippen molar-refractivity contribution in [2.75, 3.05) is 26.7 Å². The van der Waals surface area contributed by atoms with Gasteiger partial charge in [-0.05, 0) is 48.9 Å². The van der Waals surface area contributed by atoms with Crippen molar-refractivity contribution in [3.05, 3.63) is 48.5 Å². The molecule has 4 rings (SSSR count). The molecule has 1 aliphatic heterocycles. The number of carbonyl (C=O) groups is 1. The Morgan fingerprint density at radius 3 is 2.53 bits per heavy atom. The maximum atomic E-state index is 13.6. The molecule has 8 heteroatoms. The molecule has 1 heterocycles. The molecule has 2 aromatic carbocycles. The van der Waals surface area contributed by atoms with Crippen LogP contribution in [0.3, 0.4) is 0 Å². The molecule has 0 aromatic heterocycles. The van der Waals surface area contributed by atoms with Crippen LogP contribution < -0.4 is 4.74 Å². The Labute approximate surface area is 202 Å². The van der Waals surface area contributed by atoms with Crippen LogP contribution in [0.4, 0.5) is 0 Å². The van der Waals surface area contributed by atoms with Crippen LogP contribution in [0.15, 0.2) is 53.4 Å². The highest BCUT2D eigenvalue weighted by Gasteiger charge is 2.38. The van der Waals surface area contributed by atoms with E-state index < -0.39 is 22.2 Å². The van der Waals surface area contributed by atoms with Gasteiger partial charge in [0, 0.05) is 32.0 Å². The zero-order valence-electron chi connectivity index (χ0n) is 20.1. The standard InChI is InChI=1S/C26H34N2O5S/c1-18-15-28(19(2)17-29)34(31,32)25-12-11-22(21-7-5-4-6-8-21)14-23(25)33-24(18)16-27(3)26(30)13-20-9-10-20/h4-8,11-12,14,18-20,24,29H,9-10,13,15-17H2,1-3H3/t18-,19+,24-/m0/s1. The van der Waals surface area contributed by atoms with Crippen LogP contribution in [0.25, 0.3) is 11.1 Å². The largest absolute Gasteiger partial charge is 0.487 e. The van der Waals surface area contributed by atoms with Crippen molar-refractivity contribution >= 4 is 15.9 Å². The minimum atomic E-state index is -3.89. The zero-order chi connectivity index (χ0) is 24.5. The maximum Gasteiger partial charge on any atom is 0.247 e. The van der Waals surface area contributed by atoms with E-state index in [0.717, 1.165) is 24.0 Å². The third kappa shape index (κ3) is 5.29. The van der Waals surface area contributed by atoms with E-state index in [0.29, 0.717) is 18.9 Å². The fourth-order valence-electron chi connectivity index (χ4n) is 4.35. The van der Waals surface area contributed by atoms with Gasteiger partial charge in [-0.1, -0.05) is 43.3 Å². The summed E-state index contributed by atoms with van der Waals surface area (Å²) in [5, 5.41) is 9.79. The highest BCUT2D eigenvalue weighted by molar-refractivity contribution is 7.89. The summed E-state index contributed by atoms with van der Waals surface area (Å²) >= 11 is 0. The monoisotopic (exact) mass is 486 g/mol. The van der Waals surface area contributed by atoms with Crippen molar-refractivity contribution in [1.29, 1.82) is 0 Å². The molecule has 2 aliphatic rings. The molecule has 0 spiro atoms. The highest BCUT2D eigenvalue weighted by Crippen LogP contribution is 2.37. The number of sulfonamides is 1. The molecule has 0 bridgehead atoms. The molecule has 0 unspecified atom stereocenters. The molecule has 34 heavy (non-hydrogen) atoms. The topological polar surface area (TPSA) is 87.2 Å². The van der Waals surface area contributed by atoms with Gasteiger partial charge in [0.2, 0.25) is 15.9 Å². The van der Waals surface area contributed by atoms with E-state index in [4.69, 9.17) is 4.74 Å². The fraction of sp³-hybridized carbons (Fsp3) is 0.500. The van der Waals surface area contributed by atoms with Crippen LogP contribution in [-0.4, -0.2) is 67.5 Å². The Bertz CT molecular complexity index is 1120. The average molecular weight is 487 g/mol. The van der Waals surface area contributed by atoms with Crippen LogP contribution in [0.5, 0.6) is 5.75 Å². The Morgan fingerprint density at radius 1 is 1.18 bits per heavy atom. The molecule has 184 valence electrons.